The third kappa shape index (κ3) is 4.22. The number of aromatic nitrogens is 5. The number of benzene rings is 2. The van der Waals surface area contributed by atoms with Crippen molar-refractivity contribution in [3.8, 4) is 22.7 Å². The molecule has 182 valence electrons. The van der Waals surface area contributed by atoms with E-state index >= 15 is 0 Å². The number of pyridine rings is 1. The van der Waals surface area contributed by atoms with Crippen LogP contribution in [0.2, 0.25) is 0 Å². The number of hydrogen-bond acceptors (Lipinski definition) is 5. The van der Waals surface area contributed by atoms with Crippen LogP contribution in [0, 0.1) is 13.8 Å². The van der Waals surface area contributed by atoms with Crippen LogP contribution in [-0.2, 0) is 0 Å². The summed E-state index contributed by atoms with van der Waals surface area (Å²) >= 11 is 0. The first-order chi connectivity index (χ1) is 17.4. The Morgan fingerprint density at radius 2 is 1.78 bits per heavy atom. The van der Waals surface area contributed by atoms with Gasteiger partial charge < -0.3 is 10.1 Å². The van der Waals surface area contributed by atoms with Gasteiger partial charge in [0.25, 0.3) is 5.91 Å². The summed E-state index contributed by atoms with van der Waals surface area (Å²) in [7, 11) is 1.63. The molecule has 8 heteroatoms. The highest BCUT2D eigenvalue weighted by atomic mass is 16.5. The second kappa shape index (κ2) is 9.30. The fourth-order valence-electron chi connectivity index (χ4n) is 4.20. The second-order valence-electron chi connectivity index (χ2n) is 9.03. The zero-order chi connectivity index (χ0) is 25.4. The number of nitrogens with zero attached hydrogens (tertiary/aromatic N) is 5. The maximum atomic E-state index is 13.5. The van der Waals surface area contributed by atoms with Crippen LogP contribution < -0.4 is 10.1 Å². The van der Waals surface area contributed by atoms with Gasteiger partial charge in [0, 0.05) is 23.1 Å². The van der Waals surface area contributed by atoms with E-state index in [2.05, 4.69) is 29.2 Å². The Morgan fingerprint density at radius 1 is 1.03 bits per heavy atom. The molecule has 8 nitrogen and oxygen atoms in total. The van der Waals surface area contributed by atoms with E-state index < -0.39 is 0 Å². The third-order valence-corrected chi connectivity index (χ3v) is 6.11. The minimum atomic E-state index is -0.265. The number of para-hydroxylation sites is 1. The molecule has 0 aliphatic rings. The first-order valence-corrected chi connectivity index (χ1v) is 11.8. The predicted molar refractivity (Wildman–Crippen MR) is 141 cm³/mol. The van der Waals surface area contributed by atoms with Gasteiger partial charge in [-0.3, -0.25) is 4.79 Å². The molecule has 0 aliphatic carbocycles. The van der Waals surface area contributed by atoms with Crippen molar-refractivity contribution in [2.75, 3.05) is 12.4 Å². The summed E-state index contributed by atoms with van der Waals surface area (Å²) in [6.07, 6.45) is 1.74. The molecule has 0 atom stereocenters. The van der Waals surface area contributed by atoms with E-state index in [1.807, 2.05) is 79.2 Å². The maximum Gasteiger partial charge on any atom is 0.258 e. The van der Waals surface area contributed by atoms with Gasteiger partial charge in [-0.15, -0.1) is 0 Å². The molecule has 0 aliphatic heterocycles. The Balaban J connectivity index is 1.57. The number of anilines is 1. The number of ether oxygens (including phenoxy) is 1. The van der Waals surface area contributed by atoms with Gasteiger partial charge in [0.15, 0.2) is 5.65 Å². The second-order valence-corrected chi connectivity index (χ2v) is 9.03. The molecule has 0 saturated heterocycles. The van der Waals surface area contributed by atoms with Gasteiger partial charge in [-0.2, -0.15) is 10.2 Å². The number of aryl methyl sites for hydroxylation is 2. The lowest BCUT2D eigenvalue weighted by atomic mass is 10.1. The summed E-state index contributed by atoms with van der Waals surface area (Å²) in [5, 5.41) is 13.1. The van der Waals surface area contributed by atoms with E-state index in [-0.39, 0.29) is 11.9 Å². The molecule has 2 aromatic carbocycles. The number of methoxy groups -OCH3 is 1. The van der Waals surface area contributed by atoms with E-state index in [1.54, 1.807) is 18.0 Å². The Labute approximate surface area is 209 Å². The Hall–Kier alpha value is -4.46. The number of carbonyl (C=O) groups excluding carboxylic acids is 1. The predicted octanol–water partition coefficient (Wildman–Crippen LogP) is 5.74. The van der Waals surface area contributed by atoms with Crippen molar-refractivity contribution < 1.29 is 9.53 Å². The van der Waals surface area contributed by atoms with Gasteiger partial charge in [-0.05, 0) is 58.0 Å². The molecule has 0 spiro atoms. The largest absolute Gasteiger partial charge is 0.496 e. The molecule has 3 heterocycles. The van der Waals surface area contributed by atoms with E-state index in [9.17, 15) is 4.79 Å². The highest BCUT2D eigenvalue weighted by molar-refractivity contribution is 6.06. The van der Waals surface area contributed by atoms with E-state index in [0.29, 0.717) is 28.5 Å². The SMILES string of the molecule is COc1ccccc1-c1cc(NC(=O)c2cc3cnn(C(C)C)c3nc2C)n(-c2ccc(C)cc2)n1. The molecular formula is C28H28N6O2. The number of hydrogen-bond donors (Lipinski definition) is 1. The van der Waals surface area contributed by atoms with Crippen molar-refractivity contribution in [2.24, 2.45) is 0 Å². The van der Waals surface area contributed by atoms with Crippen molar-refractivity contribution >= 4 is 22.8 Å². The van der Waals surface area contributed by atoms with Crippen LogP contribution in [0.5, 0.6) is 5.75 Å². The molecular weight excluding hydrogens is 452 g/mol. The smallest absolute Gasteiger partial charge is 0.258 e. The van der Waals surface area contributed by atoms with Gasteiger partial charge in [0.05, 0.1) is 35.9 Å². The van der Waals surface area contributed by atoms with Gasteiger partial charge in [0.1, 0.15) is 11.6 Å². The fraction of sp³-hybridized carbons (Fsp3) is 0.214. The minimum Gasteiger partial charge on any atom is -0.496 e. The zero-order valence-corrected chi connectivity index (χ0v) is 21.0. The van der Waals surface area contributed by atoms with Crippen LogP contribution >= 0.6 is 0 Å². The Kier molecular flexibility index (Phi) is 6.01. The molecule has 5 aromatic rings. The van der Waals surface area contributed by atoms with Crippen LogP contribution in [0.4, 0.5) is 5.82 Å². The molecule has 0 saturated carbocycles. The average Bonchev–Trinajstić information content (AvgIpc) is 3.48. The van der Waals surface area contributed by atoms with Crippen molar-refractivity contribution in [1.82, 2.24) is 24.5 Å². The first-order valence-electron chi connectivity index (χ1n) is 11.8. The van der Waals surface area contributed by atoms with Crippen LogP contribution in [0.15, 0.2) is 66.9 Å². The Bertz CT molecular complexity index is 1560. The molecule has 36 heavy (non-hydrogen) atoms. The summed E-state index contributed by atoms with van der Waals surface area (Å²) in [5.41, 5.74) is 5.38. The topological polar surface area (TPSA) is 86.9 Å². The van der Waals surface area contributed by atoms with E-state index in [4.69, 9.17) is 9.84 Å². The van der Waals surface area contributed by atoms with Crippen molar-refractivity contribution in [2.45, 2.75) is 33.7 Å². The standard InChI is InChI=1S/C28H28N6O2/c1-17(2)33-27-20(16-29-33)14-23(19(4)30-27)28(35)31-26-15-24(22-8-6-7-9-25(22)36-5)32-34(26)21-12-10-18(3)11-13-21/h6-17H,1-5H3,(H,31,35). The summed E-state index contributed by atoms with van der Waals surface area (Å²) in [6, 6.07) is 19.5. The molecule has 0 radical (unpaired) electrons. The van der Waals surface area contributed by atoms with Gasteiger partial charge in [-0.25, -0.2) is 14.3 Å². The molecule has 1 N–H and O–H groups in total. The van der Waals surface area contributed by atoms with Crippen molar-refractivity contribution in [3.05, 3.63) is 83.7 Å². The van der Waals surface area contributed by atoms with Gasteiger partial charge in [-0.1, -0.05) is 29.8 Å². The van der Waals surface area contributed by atoms with E-state index in [0.717, 1.165) is 27.8 Å². The van der Waals surface area contributed by atoms with Crippen LogP contribution in [0.3, 0.4) is 0 Å². The van der Waals surface area contributed by atoms with Crippen molar-refractivity contribution in [3.63, 3.8) is 0 Å². The highest BCUT2D eigenvalue weighted by Crippen LogP contribution is 2.32. The first kappa shape index (κ1) is 23.3. The summed E-state index contributed by atoms with van der Waals surface area (Å²) < 4.78 is 9.13. The summed E-state index contributed by atoms with van der Waals surface area (Å²) in [6.45, 7) is 7.97. The fourth-order valence-corrected chi connectivity index (χ4v) is 4.20. The summed E-state index contributed by atoms with van der Waals surface area (Å²) in [4.78, 5) is 18.2. The highest BCUT2D eigenvalue weighted by Gasteiger charge is 2.20. The monoisotopic (exact) mass is 480 g/mol. The quantitative estimate of drug-likeness (QED) is 0.335. The zero-order valence-electron chi connectivity index (χ0n) is 21.0. The van der Waals surface area contributed by atoms with Crippen LogP contribution in [0.1, 0.15) is 41.5 Å². The third-order valence-electron chi connectivity index (χ3n) is 6.11. The van der Waals surface area contributed by atoms with Gasteiger partial charge >= 0.3 is 0 Å². The summed E-state index contributed by atoms with van der Waals surface area (Å²) in [5.74, 6) is 0.984. The molecule has 0 unspecified atom stereocenters. The van der Waals surface area contributed by atoms with Crippen LogP contribution in [0.25, 0.3) is 28.0 Å². The molecule has 0 fully saturated rings. The number of amides is 1. The molecule has 1 amide bonds. The lowest BCUT2D eigenvalue weighted by Gasteiger charge is -2.11. The number of fused-ring (bicyclic) bond motifs is 1. The molecule has 5 rings (SSSR count). The average molecular weight is 481 g/mol. The van der Waals surface area contributed by atoms with Crippen LogP contribution in [-0.4, -0.2) is 37.6 Å². The van der Waals surface area contributed by atoms with E-state index in [1.165, 1.54) is 0 Å². The lowest BCUT2D eigenvalue weighted by Crippen LogP contribution is -2.17. The molecule has 3 aromatic heterocycles. The number of rotatable bonds is 6. The Morgan fingerprint density at radius 3 is 2.50 bits per heavy atom. The lowest BCUT2D eigenvalue weighted by molar-refractivity contribution is 0.102. The van der Waals surface area contributed by atoms with Crippen molar-refractivity contribution in [1.29, 1.82) is 0 Å². The maximum absolute atomic E-state index is 13.5. The molecule has 0 bridgehead atoms. The van der Waals surface area contributed by atoms with Gasteiger partial charge in [0.2, 0.25) is 0 Å². The number of carbonyl (C=O) groups is 1. The minimum absolute atomic E-state index is 0.173. The normalized spacial score (nSPS) is 11.3. The number of nitrogens with one attached hydrogen (secondary N) is 1.